The van der Waals surface area contributed by atoms with Crippen LogP contribution in [-0.2, 0) is 11.2 Å². The lowest BCUT2D eigenvalue weighted by atomic mass is 10.1. The van der Waals surface area contributed by atoms with Crippen molar-refractivity contribution in [3.8, 4) is 5.75 Å². The fourth-order valence-corrected chi connectivity index (χ4v) is 3.22. The van der Waals surface area contributed by atoms with E-state index in [4.69, 9.17) is 4.74 Å². The van der Waals surface area contributed by atoms with Gasteiger partial charge in [-0.15, -0.1) is 0 Å². The molecule has 6 heteroatoms. The number of amides is 1. The van der Waals surface area contributed by atoms with Crippen LogP contribution < -0.4 is 15.4 Å². The molecule has 2 aromatic carbocycles. The molecule has 2 N–H and O–H groups in total. The SMILES string of the molecule is CCc1ccc(Nc2cc(C)ncn2)cc1NC(=O)COc1c(C)ccc(C)c1C. The van der Waals surface area contributed by atoms with Crippen LogP contribution in [0.1, 0.15) is 34.9 Å². The number of carbonyl (C=O) groups excluding carboxylic acids is 1. The van der Waals surface area contributed by atoms with Crippen molar-refractivity contribution in [1.82, 2.24) is 9.97 Å². The van der Waals surface area contributed by atoms with Crippen molar-refractivity contribution in [1.29, 1.82) is 0 Å². The third-order valence-electron chi connectivity index (χ3n) is 5.06. The van der Waals surface area contributed by atoms with Crippen LogP contribution in [0.5, 0.6) is 5.75 Å². The van der Waals surface area contributed by atoms with Crippen molar-refractivity contribution in [2.45, 2.75) is 41.0 Å². The van der Waals surface area contributed by atoms with Crippen LogP contribution >= 0.6 is 0 Å². The molecule has 0 bridgehead atoms. The first-order chi connectivity index (χ1) is 14.4. The lowest BCUT2D eigenvalue weighted by molar-refractivity contribution is -0.118. The van der Waals surface area contributed by atoms with E-state index in [1.54, 1.807) is 0 Å². The first kappa shape index (κ1) is 21.3. The molecule has 30 heavy (non-hydrogen) atoms. The molecule has 0 aliphatic carbocycles. The lowest BCUT2D eigenvalue weighted by Crippen LogP contribution is -2.21. The van der Waals surface area contributed by atoms with Gasteiger partial charge in [-0.2, -0.15) is 0 Å². The number of hydrogen-bond acceptors (Lipinski definition) is 5. The highest BCUT2D eigenvalue weighted by atomic mass is 16.5. The first-order valence-electron chi connectivity index (χ1n) is 10.1. The zero-order valence-electron chi connectivity index (χ0n) is 18.2. The molecule has 3 rings (SSSR count). The van der Waals surface area contributed by atoms with E-state index in [1.165, 1.54) is 6.33 Å². The number of nitrogens with zero attached hydrogens (tertiary/aromatic N) is 2. The van der Waals surface area contributed by atoms with Crippen LogP contribution in [0.15, 0.2) is 42.7 Å². The summed E-state index contributed by atoms with van der Waals surface area (Å²) in [5, 5.41) is 6.24. The van der Waals surface area contributed by atoms with Gasteiger partial charge < -0.3 is 15.4 Å². The van der Waals surface area contributed by atoms with Gasteiger partial charge in [-0.05, 0) is 68.5 Å². The van der Waals surface area contributed by atoms with E-state index in [-0.39, 0.29) is 12.5 Å². The number of benzene rings is 2. The number of aromatic nitrogens is 2. The Hall–Kier alpha value is -3.41. The van der Waals surface area contributed by atoms with Gasteiger partial charge in [-0.1, -0.05) is 25.1 Å². The Morgan fingerprint density at radius 3 is 2.50 bits per heavy atom. The molecular weight excluding hydrogens is 376 g/mol. The van der Waals surface area contributed by atoms with Crippen LogP contribution in [0.3, 0.4) is 0 Å². The van der Waals surface area contributed by atoms with Gasteiger partial charge in [0.15, 0.2) is 6.61 Å². The monoisotopic (exact) mass is 404 g/mol. The maximum atomic E-state index is 12.6. The molecule has 0 radical (unpaired) electrons. The molecule has 0 unspecified atom stereocenters. The fourth-order valence-electron chi connectivity index (χ4n) is 3.22. The van der Waals surface area contributed by atoms with Crippen LogP contribution in [0, 0.1) is 27.7 Å². The van der Waals surface area contributed by atoms with E-state index in [9.17, 15) is 4.79 Å². The predicted molar refractivity (Wildman–Crippen MR) is 121 cm³/mol. The quantitative estimate of drug-likeness (QED) is 0.577. The number of carbonyl (C=O) groups is 1. The second-order valence-corrected chi connectivity index (χ2v) is 7.39. The minimum Gasteiger partial charge on any atom is -0.483 e. The average Bonchev–Trinajstić information content (AvgIpc) is 2.71. The number of hydrogen-bond donors (Lipinski definition) is 2. The Morgan fingerprint density at radius 1 is 1.00 bits per heavy atom. The molecule has 156 valence electrons. The highest BCUT2D eigenvalue weighted by Gasteiger charge is 2.12. The lowest BCUT2D eigenvalue weighted by Gasteiger charge is -2.16. The average molecular weight is 405 g/mol. The number of rotatable bonds is 7. The van der Waals surface area contributed by atoms with Gasteiger partial charge in [0.05, 0.1) is 0 Å². The molecule has 1 heterocycles. The fraction of sp³-hybridized carbons (Fsp3) is 0.292. The summed E-state index contributed by atoms with van der Waals surface area (Å²) in [7, 11) is 0. The molecule has 0 aliphatic rings. The van der Waals surface area contributed by atoms with E-state index < -0.39 is 0 Å². The molecule has 0 fully saturated rings. The zero-order chi connectivity index (χ0) is 21.7. The number of anilines is 3. The normalized spacial score (nSPS) is 10.6. The zero-order valence-corrected chi connectivity index (χ0v) is 18.2. The summed E-state index contributed by atoms with van der Waals surface area (Å²) in [6.07, 6.45) is 2.33. The van der Waals surface area contributed by atoms with Crippen molar-refractivity contribution < 1.29 is 9.53 Å². The summed E-state index contributed by atoms with van der Waals surface area (Å²) in [5.41, 5.74) is 6.75. The van der Waals surface area contributed by atoms with E-state index in [2.05, 4.69) is 33.6 Å². The molecule has 0 atom stereocenters. The summed E-state index contributed by atoms with van der Waals surface area (Å²) in [5.74, 6) is 1.29. The molecule has 3 aromatic rings. The highest BCUT2D eigenvalue weighted by Crippen LogP contribution is 2.26. The Bertz CT molecular complexity index is 1060. The molecule has 1 amide bonds. The predicted octanol–water partition coefficient (Wildman–Crippen LogP) is 5.03. The molecule has 0 saturated carbocycles. The van der Waals surface area contributed by atoms with Crippen LogP contribution in [0.2, 0.25) is 0 Å². The van der Waals surface area contributed by atoms with Gasteiger partial charge in [0, 0.05) is 23.1 Å². The molecule has 6 nitrogen and oxygen atoms in total. The van der Waals surface area contributed by atoms with Crippen LogP contribution in [-0.4, -0.2) is 22.5 Å². The summed E-state index contributed by atoms with van der Waals surface area (Å²) >= 11 is 0. The summed E-state index contributed by atoms with van der Waals surface area (Å²) in [6, 6.07) is 11.8. The Labute approximate surface area is 177 Å². The maximum Gasteiger partial charge on any atom is 0.262 e. The van der Waals surface area contributed by atoms with Gasteiger partial charge in [0.2, 0.25) is 0 Å². The van der Waals surface area contributed by atoms with Gasteiger partial charge in [-0.3, -0.25) is 4.79 Å². The van der Waals surface area contributed by atoms with E-state index in [0.29, 0.717) is 5.82 Å². The highest BCUT2D eigenvalue weighted by molar-refractivity contribution is 5.93. The van der Waals surface area contributed by atoms with E-state index >= 15 is 0 Å². The third-order valence-corrected chi connectivity index (χ3v) is 5.06. The van der Waals surface area contributed by atoms with Gasteiger partial charge in [-0.25, -0.2) is 9.97 Å². The third kappa shape index (κ3) is 5.14. The Balaban J connectivity index is 1.72. The molecule has 0 aliphatic heterocycles. The maximum absolute atomic E-state index is 12.6. The number of ether oxygens (including phenoxy) is 1. The topological polar surface area (TPSA) is 76.1 Å². The molecular formula is C24H28N4O2. The summed E-state index contributed by atoms with van der Waals surface area (Å²) in [4.78, 5) is 20.9. The van der Waals surface area contributed by atoms with Crippen LogP contribution in [0.25, 0.3) is 0 Å². The Kier molecular flexibility index (Phi) is 6.67. The van der Waals surface area contributed by atoms with E-state index in [0.717, 1.165) is 51.5 Å². The standard InChI is InChI=1S/C24H28N4O2/c1-6-19-9-10-20(27-22-11-17(4)25-14-26-22)12-21(19)28-23(29)13-30-24-16(3)8-7-15(2)18(24)5/h7-12,14H,6,13H2,1-5H3,(H,28,29)(H,25,26,27). The molecule has 0 saturated heterocycles. The summed E-state index contributed by atoms with van der Waals surface area (Å²) < 4.78 is 5.85. The largest absolute Gasteiger partial charge is 0.483 e. The molecule has 1 aromatic heterocycles. The number of nitrogens with one attached hydrogen (secondary N) is 2. The summed E-state index contributed by atoms with van der Waals surface area (Å²) in [6.45, 7) is 9.95. The second-order valence-electron chi connectivity index (χ2n) is 7.39. The van der Waals surface area contributed by atoms with Crippen molar-refractivity contribution >= 4 is 23.1 Å². The second kappa shape index (κ2) is 9.39. The van der Waals surface area contributed by atoms with Gasteiger partial charge >= 0.3 is 0 Å². The van der Waals surface area contributed by atoms with Crippen LogP contribution in [0.4, 0.5) is 17.2 Å². The minimum atomic E-state index is -0.194. The van der Waals surface area contributed by atoms with Crippen molar-refractivity contribution in [2.24, 2.45) is 0 Å². The van der Waals surface area contributed by atoms with Crippen molar-refractivity contribution in [3.05, 3.63) is 70.7 Å². The van der Waals surface area contributed by atoms with Gasteiger partial charge in [0.25, 0.3) is 5.91 Å². The van der Waals surface area contributed by atoms with E-state index in [1.807, 2.05) is 58.0 Å². The first-order valence-corrected chi connectivity index (χ1v) is 10.1. The van der Waals surface area contributed by atoms with Crippen molar-refractivity contribution in [2.75, 3.05) is 17.2 Å². The van der Waals surface area contributed by atoms with Gasteiger partial charge in [0.1, 0.15) is 17.9 Å². The van der Waals surface area contributed by atoms with Crippen molar-refractivity contribution in [3.63, 3.8) is 0 Å². The number of aryl methyl sites for hydroxylation is 4. The Morgan fingerprint density at radius 2 is 1.77 bits per heavy atom. The minimum absolute atomic E-state index is 0.0446. The molecule has 0 spiro atoms. The smallest absolute Gasteiger partial charge is 0.262 e.